The van der Waals surface area contributed by atoms with Gasteiger partial charge in [0.2, 0.25) is 0 Å². The van der Waals surface area contributed by atoms with Crippen molar-refractivity contribution in [2.45, 2.75) is 96.4 Å². The average Bonchev–Trinajstić information content (AvgIpc) is 2.54. The van der Waals surface area contributed by atoms with Crippen LogP contribution in [0.3, 0.4) is 0 Å². The van der Waals surface area contributed by atoms with E-state index in [-0.39, 0.29) is 0 Å². The minimum Gasteiger partial charge on any atom is -0.480 e. The standard InChI is InChI=1S/C20H37NO2/c1-2-3-4-5-6-7-8-9-10-11-12-13-14-15-16-17-18-19(21)20(22)23/h6-7,9-10,19H,2-5,8,11-18,21H2,1H3,(H,22,23)/b7-6-,10-9-. The first-order valence-electron chi connectivity index (χ1n) is 9.46. The molecular weight excluding hydrogens is 286 g/mol. The van der Waals surface area contributed by atoms with Gasteiger partial charge in [0, 0.05) is 0 Å². The second kappa shape index (κ2) is 17.3. The topological polar surface area (TPSA) is 63.3 Å². The number of aliphatic carboxylic acids is 1. The third kappa shape index (κ3) is 17.1. The van der Waals surface area contributed by atoms with Crippen molar-refractivity contribution in [1.29, 1.82) is 0 Å². The summed E-state index contributed by atoms with van der Waals surface area (Å²) in [5.74, 6) is -0.882. The maximum absolute atomic E-state index is 10.6. The fourth-order valence-corrected chi connectivity index (χ4v) is 2.48. The summed E-state index contributed by atoms with van der Waals surface area (Å²) < 4.78 is 0. The molecule has 134 valence electrons. The first-order chi connectivity index (χ1) is 11.2. The minimum absolute atomic E-state index is 0.601. The quantitative estimate of drug-likeness (QED) is 0.287. The summed E-state index contributed by atoms with van der Waals surface area (Å²) in [5.41, 5.74) is 5.47. The number of carboxylic acid groups (broad SMARTS) is 1. The predicted molar refractivity (Wildman–Crippen MR) is 99.6 cm³/mol. The molecule has 0 heterocycles. The largest absolute Gasteiger partial charge is 0.480 e. The third-order valence-electron chi connectivity index (χ3n) is 4.03. The predicted octanol–water partition coefficient (Wildman–Crippen LogP) is 5.60. The summed E-state index contributed by atoms with van der Waals surface area (Å²) in [6.07, 6.45) is 24.1. The highest BCUT2D eigenvalue weighted by atomic mass is 16.4. The van der Waals surface area contributed by atoms with Gasteiger partial charge in [-0.3, -0.25) is 4.79 Å². The Hall–Kier alpha value is -1.09. The highest BCUT2D eigenvalue weighted by molar-refractivity contribution is 5.72. The Balaban J connectivity index is 3.23. The average molecular weight is 324 g/mol. The number of unbranched alkanes of at least 4 members (excludes halogenated alkanes) is 9. The molecule has 1 atom stereocenters. The molecule has 0 bridgehead atoms. The van der Waals surface area contributed by atoms with Gasteiger partial charge < -0.3 is 10.8 Å². The van der Waals surface area contributed by atoms with Gasteiger partial charge in [-0.1, -0.05) is 76.2 Å². The zero-order valence-corrected chi connectivity index (χ0v) is 15.0. The third-order valence-corrected chi connectivity index (χ3v) is 4.03. The fourth-order valence-electron chi connectivity index (χ4n) is 2.48. The van der Waals surface area contributed by atoms with Crippen LogP contribution in [0.2, 0.25) is 0 Å². The van der Waals surface area contributed by atoms with Gasteiger partial charge in [-0.25, -0.2) is 0 Å². The Morgan fingerprint density at radius 1 is 0.870 bits per heavy atom. The fraction of sp³-hybridized carbons (Fsp3) is 0.750. The van der Waals surface area contributed by atoms with Crippen molar-refractivity contribution in [3.63, 3.8) is 0 Å². The molecular formula is C20H37NO2. The normalized spacial score (nSPS) is 13.1. The number of hydrogen-bond donors (Lipinski definition) is 2. The highest BCUT2D eigenvalue weighted by Crippen LogP contribution is 2.10. The first kappa shape index (κ1) is 21.9. The summed E-state index contributed by atoms with van der Waals surface area (Å²) in [4.78, 5) is 10.6. The van der Waals surface area contributed by atoms with E-state index in [0.717, 1.165) is 19.3 Å². The van der Waals surface area contributed by atoms with E-state index in [1.165, 1.54) is 57.8 Å². The molecule has 0 aliphatic rings. The van der Waals surface area contributed by atoms with Gasteiger partial charge in [-0.05, 0) is 38.5 Å². The first-order valence-corrected chi connectivity index (χ1v) is 9.46. The van der Waals surface area contributed by atoms with Gasteiger partial charge in [0.25, 0.3) is 0 Å². The molecule has 0 aliphatic heterocycles. The van der Waals surface area contributed by atoms with Crippen LogP contribution in [0.15, 0.2) is 24.3 Å². The van der Waals surface area contributed by atoms with Crippen molar-refractivity contribution < 1.29 is 9.90 Å². The monoisotopic (exact) mass is 323 g/mol. The number of carbonyl (C=O) groups is 1. The van der Waals surface area contributed by atoms with Crippen molar-refractivity contribution in [3.05, 3.63) is 24.3 Å². The lowest BCUT2D eigenvalue weighted by molar-refractivity contribution is -0.138. The van der Waals surface area contributed by atoms with Crippen molar-refractivity contribution in [2.75, 3.05) is 0 Å². The van der Waals surface area contributed by atoms with Gasteiger partial charge in [0.05, 0.1) is 0 Å². The molecule has 0 aliphatic carbocycles. The molecule has 0 saturated heterocycles. The van der Waals surface area contributed by atoms with E-state index >= 15 is 0 Å². The van der Waals surface area contributed by atoms with Crippen LogP contribution in [0.1, 0.15) is 90.4 Å². The van der Waals surface area contributed by atoms with Gasteiger partial charge >= 0.3 is 5.97 Å². The molecule has 0 aromatic heterocycles. The molecule has 0 spiro atoms. The van der Waals surface area contributed by atoms with Gasteiger partial charge in [-0.15, -0.1) is 0 Å². The van der Waals surface area contributed by atoms with E-state index in [2.05, 4.69) is 31.2 Å². The molecule has 0 saturated carbocycles. The zero-order chi connectivity index (χ0) is 17.2. The smallest absolute Gasteiger partial charge is 0.320 e. The number of nitrogens with two attached hydrogens (primary N) is 1. The maximum atomic E-state index is 10.6. The Kier molecular flexibility index (Phi) is 16.4. The molecule has 3 nitrogen and oxygen atoms in total. The number of allylic oxidation sites excluding steroid dienone is 4. The van der Waals surface area contributed by atoms with Crippen LogP contribution in [0.5, 0.6) is 0 Å². The molecule has 1 unspecified atom stereocenters. The molecule has 3 heteroatoms. The Morgan fingerprint density at radius 3 is 1.96 bits per heavy atom. The molecule has 0 amide bonds. The van der Waals surface area contributed by atoms with E-state index in [0.29, 0.717) is 6.42 Å². The highest BCUT2D eigenvalue weighted by Gasteiger charge is 2.09. The lowest BCUT2D eigenvalue weighted by atomic mass is 10.1. The van der Waals surface area contributed by atoms with E-state index in [1.807, 2.05) is 0 Å². The van der Waals surface area contributed by atoms with Crippen molar-refractivity contribution in [1.82, 2.24) is 0 Å². The van der Waals surface area contributed by atoms with Crippen molar-refractivity contribution in [2.24, 2.45) is 5.73 Å². The SMILES string of the molecule is CCCCC/C=C\C/C=C\CCCCCCCCC(N)C(=O)O. The molecule has 0 aromatic rings. The van der Waals surface area contributed by atoms with E-state index in [9.17, 15) is 4.79 Å². The second-order valence-electron chi connectivity index (χ2n) is 6.32. The minimum atomic E-state index is -0.882. The van der Waals surface area contributed by atoms with E-state index in [1.54, 1.807) is 0 Å². The molecule has 0 aromatic carbocycles. The molecule has 0 rings (SSSR count). The van der Waals surface area contributed by atoms with Gasteiger partial charge in [0.1, 0.15) is 6.04 Å². The second-order valence-corrected chi connectivity index (χ2v) is 6.32. The van der Waals surface area contributed by atoms with Crippen LogP contribution in [-0.4, -0.2) is 17.1 Å². The maximum Gasteiger partial charge on any atom is 0.320 e. The lowest BCUT2D eigenvalue weighted by Gasteiger charge is -2.05. The van der Waals surface area contributed by atoms with E-state index in [4.69, 9.17) is 10.8 Å². The molecule has 0 radical (unpaired) electrons. The van der Waals surface area contributed by atoms with Gasteiger partial charge in [-0.2, -0.15) is 0 Å². The van der Waals surface area contributed by atoms with Crippen LogP contribution < -0.4 is 5.73 Å². The molecule has 23 heavy (non-hydrogen) atoms. The van der Waals surface area contributed by atoms with Crippen LogP contribution in [-0.2, 0) is 4.79 Å². The Labute approximate surface area is 143 Å². The van der Waals surface area contributed by atoms with Crippen LogP contribution in [0, 0.1) is 0 Å². The van der Waals surface area contributed by atoms with Crippen LogP contribution in [0.4, 0.5) is 0 Å². The molecule has 0 fully saturated rings. The zero-order valence-electron chi connectivity index (χ0n) is 15.0. The molecule has 3 N–H and O–H groups in total. The summed E-state index contributed by atoms with van der Waals surface area (Å²) >= 11 is 0. The number of rotatable bonds is 16. The number of hydrogen-bond acceptors (Lipinski definition) is 2. The summed E-state index contributed by atoms with van der Waals surface area (Å²) in [6, 6.07) is -0.680. The summed E-state index contributed by atoms with van der Waals surface area (Å²) in [5, 5.41) is 8.67. The lowest BCUT2D eigenvalue weighted by Crippen LogP contribution is -2.29. The van der Waals surface area contributed by atoms with Crippen molar-refractivity contribution in [3.8, 4) is 0 Å². The number of carboxylic acids is 1. The van der Waals surface area contributed by atoms with Crippen LogP contribution in [0.25, 0.3) is 0 Å². The summed E-state index contributed by atoms with van der Waals surface area (Å²) in [6.45, 7) is 2.24. The van der Waals surface area contributed by atoms with Crippen molar-refractivity contribution >= 4 is 5.97 Å². The summed E-state index contributed by atoms with van der Waals surface area (Å²) in [7, 11) is 0. The Morgan fingerprint density at radius 2 is 1.39 bits per heavy atom. The van der Waals surface area contributed by atoms with Gasteiger partial charge in [0.15, 0.2) is 0 Å². The van der Waals surface area contributed by atoms with E-state index < -0.39 is 12.0 Å². The Bertz CT molecular complexity index is 324. The van der Waals surface area contributed by atoms with Crippen LogP contribution >= 0.6 is 0 Å².